The Morgan fingerprint density at radius 2 is 1.96 bits per heavy atom. The minimum absolute atomic E-state index is 0.200. The summed E-state index contributed by atoms with van der Waals surface area (Å²) in [6.07, 6.45) is 1.19. The minimum Gasteiger partial charge on any atom is -0.450 e. The van der Waals surface area contributed by atoms with Crippen LogP contribution in [0, 0.1) is 11.3 Å². The molecule has 9 heteroatoms. The summed E-state index contributed by atoms with van der Waals surface area (Å²) in [6.45, 7) is 4.19. The van der Waals surface area contributed by atoms with Crippen LogP contribution in [0.5, 0.6) is 0 Å². The Bertz CT molecular complexity index is 903. The second kappa shape index (κ2) is 8.81. The predicted molar refractivity (Wildman–Crippen MR) is 102 cm³/mol. The predicted octanol–water partition coefficient (Wildman–Crippen LogP) is 1.88. The largest absolute Gasteiger partial charge is 0.450 e. The summed E-state index contributed by atoms with van der Waals surface area (Å²) in [5, 5.41) is 11.8. The molecule has 2 amide bonds. The van der Waals surface area contributed by atoms with Gasteiger partial charge in [-0.25, -0.2) is 14.8 Å². The molecular weight excluding hydrogens is 360 g/mol. The van der Waals surface area contributed by atoms with Crippen LogP contribution in [-0.2, 0) is 4.74 Å². The van der Waals surface area contributed by atoms with Gasteiger partial charge in [0.1, 0.15) is 11.8 Å². The molecule has 144 valence electrons. The summed E-state index contributed by atoms with van der Waals surface area (Å²) in [6, 6.07) is 10.3. The van der Waals surface area contributed by atoms with Crippen molar-refractivity contribution in [2.45, 2.75) is 6.92 Å². The number of ether oxygens (including phenoxy) is 1. The zero-order valence-electron chi connectivity index (χ0n) is 15.5. The van der Waals surface area contributed by atoms with Crippen LogP contribution in [0.25, 0.3) is 0 Å². The first-order valence-corrected chi connectivity index (χ1v) is 8.92. The van der Waals surface area contributed by atoms with Gasteiger partial charge in [-0.2, -0.15) is 5.26 Å². The molecule has 1 N–H and O–H groups in total. The van der Waals surface area contributed by atoms with E-state index in [2.05, 4.69) is 15.3 Å². The van der Waals surface area contributed by atoms with Crippen molar-refractivity contribution in [3.63, 3.8) is 0 Å². The fourth-order valence-electron chi connectivity index (χ4n) is 2.81. The van der Waals surface area contributed by atoms with Crippen molar-refractivity contribution in [1.29, 1.82) is 5.26 Å². The van der Waals surface area contributed by atoms with Crippen molar-refractivity contribution in [2.75, 3.05) is 43.0 Å². The van der Waals surface area contributed by atoms with E-state index in [9.17, 15) is 9.59 Å². The Balaban J connectivity index is 1.67. The number of piperazine rings is 1. The molecule has 1 aromatic heterocycles. The quantitative estimate of drug-likeness (QED) is 0.862. The Kier molecular flexibility index (Phi) is 6.01. The van der Waals surface area contributed by atoms with E-state index in [1.807, 2.05) is 11.0 Å². The number of carbonyl (C=O) groups is 2. The normalized spacial score (nSPS) is 13.6. The topological polar surface area (TPSA) is 111 Å². The van der Waals surface area contributed by atoms with E-state index in [-0.39, 0.29) is 11.8 Å². The van der Waals surface area contributed by atoms with Crippen LogP contribution in [0.4, 0.5) is 16.4 Å². The van der Waals surface area contributed by atoms with Crippen molar-refractivity contribution >= 4 is 23.6 Å². The molecule has 0 unspecified atom stereocenters. The summed E-state index contributed by atoms with van der Waals surface area (Å²) in [5.74, 6) is 0.00115. The van der Waals surface area contributed by atoms with Gasteiger partial charge in [0.05, 0.1) is 17.9 Å². The van der Waals surface area contributed by atoms with Crippen LogP contribution in [0.3, 0.4) is 0 Å². The third-order valence-electron chi connectivity index (χ3n) is 4.26. The number of rotatable bonds is 4. The molecule has 0 spiro atoms. The first-order chi connectivity index (χ1) is 13.6. The third kappa shape index (κ3) is 4.35. The van der Waals surface area contributed by atoms with Gasteiger partial charge in [-0.15, -0.1) is 0 Å². The minimum atomic E-state index is -0.420. The number of amides is 2. The molecule has 9 nitrogen and oxygen atoms in total. The summed E-state index contributed by atoms with van der Waals surface area (Å²) in [4.78, 5) is 36.4. The number of carbonyl (C=O) groups excluding carboxylic acids is 2. The smallest absolute Gasteiger partial charge is 0.409 e. The van der Waals surface area contributed by atoms with Crippen molar-refractivity contribution < 1.29 is 14.3 Å². The molecule has 0 atom stereocenters. The van der Waals surface area contributed by atoms with Crippen molar-refractivity contribution in [3.05, 3.63) is 47.8 Å². The lowest BCUT2D eigenvalue weighted by Gasteiger charge is -2.34. The lowest BCUT2D eigenvalue weighted by Crippen LogP contribution is -2.49. The monoisotopic (exact) mass is 380 g/mol. The van der Waals surface area contributed by atoms with Crippen LogP contribution in [0.2, 0.25) is 0 Å². The molecule has 0 aliphatic carbocycles. The van der Waals surface area contributed by atoms with Gasteiger partial charge >= 0.3 is 6.09 Å². The van der Waals surface area contributed by atoms with Gasteiger partial charge < -0.3 is 19.9 Å². The molecule has 1 aromatic carbocycles. The fraction of sp³-hybridized carbons (Fsp3) is 0.316. The molecule has 0 saturated carbocycles. The van der Waals surface area contributed by atoms with Gasteiger partial charge in [0.2, 0.25) is 5.95 Å². The molecule has 3 rings (SSSR count). The Morgan fingerprint density at radius 1 is 1.21 bits per heavy atom. The van der Waals surface area contributed by atoms with E-state index in [1.165, 1.54) is 12.3 Å². The molecule has 2 heterocycles. The number of nitriles is 1. The first kappa shape index (κ1) is 19.1. The molecule has 1 aliphatic heterocycles. The first-order valence-electron chi connectivity index (χ1n) is 8.92. The molecule has 1 saturated heterocycles. The van der Waals surface area contributed by atoms with Gasteiger partial charge in [0.25, 0.3) is 5.91 Å². The van der Waals surface area contributed by atoms with E-state index in [1.54, 1.807) is 36.1 Å². The van der Waals surface area contributed by atoms with Crippen LogP contribution in [0.15, 0.2) is 36.5 Å². The van der Waals surface area contributed by atoms with Crippen LogP contribution in [-0.4, -0.2) is 59.7 Å². The van der Waals surface area contributed by atoms with Gasteiger partial charge in [0, 0.05) is 32.4 Å². The second-order valence-electron chi connectivity index (χ2n) is 6.03. The highest BCUT2D eigenvalue weighted by Crippen LogP contribution is 2.16. The molecule has 28 heavy (non-hydrogen) atoms. The number of aromatic nitrogens is 2. The van der Waals surface area contributed by atoms with E-state index < -0.39 is 5.91 Å². The Morgan fingerprint density at radius 3 is 2.68 bits per heavy atom. The summed E-state index contributed by atoms with van der Waals surface area (Å²) in [5.41, 5.74) is 1.00. The zero-order chi connectivity index (χ0) is 19.9. The fourth-order valence-corrected chi connectivity index (χ4v) is 2.81. The third-order valence-corrected chi connectivity index (χ3v) is 4.26. The average Bonchev–Trinajstić information content (AvgIpc) is 2.74. The van der Waals surface area contributed by atoms with Gasteiger partial charge in [-0.05, 0) is 25.1 Å². The van der Waals surface area contributed by atoms with E-state index in [4.69, 9.17) is 10.00 Å². The van der Waals surface area contributed by atoms with E-state index in [0.717, 1.165) is 0 Å². The maximum atomic E-state index is 12.5. The zero-order valence-corrected chi connectivity index (χ0v) is 15.5. The maximum Gasteiger partial charge on any atom is 0.409 e. The maximum absolute atomic E-state index is 12.5. The summed E-state index contributed by atoms with van der Waals surface area (Å²) in [7, 11) is 0. The van der Waals surface area contributed by atoms with E-state index in [0.29, 0.717) is 50.0 Å². The van der Waals surface area contributed by atoms with Gasteiger partial charge in [-0.1, -0.05) is 12.1 Å². The standard InChI is InChI=1S/C19H20N6O3/c1-2-28-19(27)25-11-9-24(10-12-25)18-21-8-7-16(23-18)17(26)22-15-6-4-3-5-14(15)13-20/h3-8H,2,9-12H2,1H3,(H,22,26). The Labute approximate surface area is 162 Å². The van der Waals surface area contributed by atoms with Crippen molar-refractivity contribution in [1.82, 2.24) is 14.9 Å². The molecule has 0 radical (unpaired) electrons. The van der Waals surface area contributed by atoms with Crippen LogP contribution >= 0.6 is 0 Å². The van der Waals surface area contributed by atoms with Crippen molar-refractivity contribution in [2.24, 2.45) is 0 Å². The van der Waals surface area contributed by atoms with Crippen LogP contribution < -0.4 is 10.2 Å². The highest BCUT2D eigenvalue weighted by atomic mass is 16.6. The Hall–Kier alpha value is -3.67. The second-order valence-corrected chi connectivity index (χ2v) is 6.03. The number of nitrogens with zero attached hydrogens (tertiary/aromatic N) is 5. The lowest BCUT2D eigenvalue weighted by atomic mass is 10.2. The van der Waals surface area contributed by atoms with E-state index >= 15 is 0 Å². The SMILES string of the molecule is CCOC(=O)N1CCN(c2nccc(C(=O)Nc3ccccc3C#N)n2)CC1. The average molecular weight is 380 g/mol. The molecule has 2 aromatic rings. The number of hydrogen-bond donors (Lipinski definition) is 1. The molecule has 0 bridgehead atoms. The summed E-state index contributed by atoms with van der Waals surface area (Å²) < 4.78 is 5.01. The summed E-state index contributed by atoms with van der Waals surface area (Å²) >= 11 is 0. The van der Waals surface area contributed by atoms with Crippen molar-refractivity contribution in [3.8, 4) is 6.07 Å². The molecule has 1 aliphatic rings. The van der Waals surface area contributed by atoms with Gasteiger partial charge in [-0.3, -0.25) is 4.79 Å². The number of anilines is 2. The number of benzene rings is 1. The van der Waals surface area contributed by atoms with Crippen LogP contribution in [0.1, 0.15) is 23.0 Å². The highest BCUT2D eigenvalue weighted by Gasteiger charge is 2.24. The lowest BCUT2D eigenvalue weighted by molar-refractivity contribution is 0.102. The molecular formula is C19H20N6O3. The number of nitrogens with one attached hydrogen (secondary N) is 1. The highest BCUT2D eigenvalue weighted by molar-refractivity contribution is 6.03. The number of hydrogen-bond acceptors (Lipinski definition) is 7. The number of para-hydroxylation sites is 1. The molecule has 1 fully saturated rings. The van der Waals surface area contributed by atoms with Gasteiger partial charge in [0.15, 0.2) is 0 Å².